The molecule has 0 saturated carbocycles. The molecule has 0 radical (unpaired) electrons. The summed E-state index contributed by atoms with van der Waals surface area (Å²) >= 11 is 1.84. The normalized spacial score (nSPS) is 12.6. The number of ether oxygens (including phenoxy) is 1. The van der Waals surface area contributed by atoms with Crippen LogP contribution in [-0.2, 0) is 4.74 Å². The van der Waals surface area contributed by atoms with E-state index < -0.39 is 0 Å². The first kappa shape index (κ1) is 15.5. The predicted molar refractivity (Wildman–Crippen MR) is 78.2 cm³/mol. The van der Waals surface area contributed by atoms with Crippen molar-refractivity contribution in [2.24, 2.45) is 0 Å². The fraction of sp³-hybridized carbons (Fsp3) is 0.643. The number of aromatic nitrogens is 1. The van der Waals surface area contributed by atoms with Gasteiger partial charge in [0.25, 0.3) is 0 Å². The molecule has 0 aliphatic rings. The van der Waals surface area contributed by atoms with Gasteiger partial charge < -0.3 is 10.1 Å². The largest absolute Gasteiger partial charge is 0.385 e. The Morgan fingerprint density at radius 3 is 2.78 bits per heavy atom. The molecule has 18 heavy (non-hydrogen) atoms. The molecule has 0 saturated heterocycles. The van der Waals surface area contributed by atoms with Gasteiger partial charge in [0.15, 0.2) is 0 Å². The molecule has 1 aromatic rings. The maximum absolute atomic E-state index is 5.03. The summed E-state index contributed by atoms with van der Waals surface area (Å²) in [7, 11) is 1.74. The maximum atomic E-state index is 5.03. The molecule has 1 unspecified atom stereocenters. The number of methoxy groups -OCH3 is 1. The molecule has 4 heteroatoms. The van der Waals surface area contributed by atoms with Crippen molar-refractivity contribution < 1.29 is 4.74 Å². The van der Waals surface area contributed by atoms with Crippen molar-refractivity contribution in [3.8, 4) is 0 Å². The van der Waals surface area contributed by atoms with E-state index in [-0.39, 0.29) is 0 Å². The molecule has 0 fully saturated rings. The van der Waals surface area contributed by atoms with Gasteiger partial charge in [0, 0.05) is 36.6 Å². The molecule has 0 aromatic carbocycles. The van der Waals surface area contributed by atoms with Crippen molar-refractivity contribution in [3.63, 3.8) is 0 Å². The SMILES string of the molecule is CCNC(CC)c1ccc(SCCCOC)cn1. The second-order valence-corrected chi connectivity index (χ2v) is 5.30. The predicted octanol–water partition coefficient (Wildman–Crippen LogP) is 3.27. The van der Waals surface area contributed by atoms with Crippen LogP contribution in [0, 0.1) is 0 Å². The summed E-state index contributed by atoms with van der Waals surface area (Å²) in [5, 5.41) is 3.44. The number of thioether (sulfide) groups is 1. The molecular formula is C14H24N2OS. The van der Waals surface area contributed by atoms with Crippen LogP contribution in [0.2, 0.25) is 0 Å². The molecule has 1 aromatic heterocycles. The topological polar surface area (TPSA) is 34.1 Å². The molecule has 0 aliphatic heterocycles. The van der Waals surface area contributed by atoms with Crippen LogP contribution in [-0.4, -0.2) is 31.0 Å². The van der Waals surface area contributed by atoms with E-state index in [1.807, 2.05) is 18.0 Å². The maximum Gasteiger partial charge on any atom is 0.0573 e. The van der Waals surface area contributed by atoms with Gasteiger partial charge in [-0.2, -0.15) is 0 Å². The Labute approximate surface area is 115 Å². The molecule has 0 amide bonds. The highest BCUT2D eigenvalue weighted by Crippen LogP contribution is 2.20. The van der Waals surface area contributed by atoms with Crippen LogP contribution in [0.1, 0.15) is 38.4 Å². The number of nitrogens with zero attached hydrogens (tertiary/aromatic N) is 1. The molecule has 1 rings (SSSR count). The molecule has 1 N–H and O–H groups in total. The van der Waals surface area contributed by atoms with Crippen LogP contribution in [0.25, 0.3) is 0 Å². The monoisotopic (exact) mass is 268 g/mol. The van der Waals surface area contributed by atoms with Crippen LogP contribution in [0.4, 0.5) is 0 Å². The Kier molecular flexibility index (Phi) is 8.05. The summed E-state index contributed by atoms with van der Waals surface area (Å²) in [4.78, 5) is 5.79. The van der Waals surface area contributed by atoms with Gasteiger partial charge in [-0.05, 0) is 31.5 Å². The molecule has 1 heterocycles. The first-order chi connectivity index (χ1) is 8.81. The van der Waals surface area contributed by atoms with Gasteiger partial charge in [0.2, 0.25) is 0 Å². The summed E-state index contributed by atoms with van der Waals surface area (Å²) < 4.78 is 5.03. The third-order valence-electron chi connectivity index (χ3n) is 2.74. The van der Waals surface area contributed by atoms with Gasteiger partial charge in [-0.3, -0.25) is 4.98 Å². The van der Waals surface area contributed by atoms with E-state index in [1.54, 1.807) is 7.11 Å². The Morgan fingerprint density at radius 1 is 1.39 bits per heavy atom. The summed E-state index contributed by atoms with van der Waals surface area (Å²) in [5.41, 5.74) is 1.14. The lowest BCUT2D eigenvalue weighted by molar-refractivity contribution is 0.200. The number of hydrogen-bond donors (Lipinski definition) is 1. The molecule has 0 spiro atoms. The summed E-state index contributed by atoms with van der Waals surface area (Å²) in [6, 6.07) is 4.68. The van der Waals surface area contributed by atoms with Crippen LogP contribution in [0.3, 0.4) is 0 Å². The Morgan fingerprint density at radius 2 is 2.22 bits per heavy atom. The minimum absolute atomic E-state index is 0.377. The van der Waals surface area contributed by atoms with E-state index in [4.69, 9.17) is 4.74 Å². The van der Waals surface area contributed by atoms with Gasteiger partial charge in [0.1, 0.15) is 0 Å². The van der Waals surface area contributed by atoms with Crippen LogP contribution in [0.5, 0.6) is 0 Å². The lowest BCUT2D eigenvalue weighted by Crippen LogP contribution is -2.20. The van der Waals surface area contributed by atoms with Gasteiger partial charge in [-0.1, -0.05) is 13.8 Å². The van der Waals surface area contributed by atoms with Crippen molar-refractivity contribution in [3.05, 3.63) is 24.0 Å². The lowest BCUT2D eigenvalue weighted by atomic mass is 10.1. The van der Waals surface area contributed by atoms with Crippen molar-refractivity contribution in [2.75, 3.05) is 26.0 Å². The van der Waals surface area contributed by atoms with Crippen LogP contribution >= 0.6 is 11.8 Å². The van der Waals surface area contributed by atoms with E-state index in [0.717, 1.165) is 37.4 Å². The standard InChI is InChI=1S/C14H24N2OS/c1-4-13(15-5-2)14-8-7-12(11-16-14)18-10-6-9-17-3/h7-8,11,13,15H,4-6,9-10H2,1-3H3. The summed E-state index contributed by atoms with van der Waals surface area (Å²) in [5.74, 6) is 1.08. The van der Waals surface area contributed by atoms with E-state index in [1.165, 1.54) is 4.90 Å². The fourth-order valence-electron chi connectivity index (χ4n) is 1.78. The summed E-state index contributed by atoms with van der Waals surface area (Å²) in [6.07, 6.45) is 4.13. The van der Waals surface area contributed by atoms with E-state index in [0.29, 0.717) is 6.04 Å². The fourth-order valence-corrected chi connectivity index (χ4v) is 2.57. The molecule has 1 atom stereocenters. The number of hydrogen-bond acceptors (Lipinski definition) is 4. The van der Waals surface area contributed by atoms with Gasteiger partial charge >= 0.3 is 0 Å². The van der Waals surface area contributed by atoms with Crippen molar-refractivity contribution in [1.82, 2.24) is 10.3 Å². The Hall–Kier alpha value is -0.580. The van der Waals surface area contributed by atoms with E-state index >= 15 is 0 Å². The van der Waals surface area contributed by atoms with E-state index in [9.17, 15) is 0 Å². The van der Waals surface area contributed by atoms with Crippen LogP contribution in [0.15, 0.2) is 23.2 Å². The van der Waals surface area contributed by atoms with Gasteiger partial charge in [0.05, 0.1) is 5.69 Å². The smallest absolute Gasteiger partial charge is 0.0573 e. The minimum Gasteiger partial charge on any atom is -0.385 e. The second kappa shape index (κ2) is 9.36. The van der Waals surface area contributed by atoms with Crippen molar-refractivity contribution in [1.29, 1.82) is 0 Å². The van der Waals surface area contributed by atoms with Gasteiger partial charge in [-0.15, -0.1) is 11.8 Å². The number of rotatable bonds is 9. The highest BCUT2D eigenvalue weighted by molar-refractivity contribution is 7.99. The van der Waals surface area contributed by atoms with Crippen LogP contribution < -0.4 is 5.32 Å². The average Bonchev–Trinajstić information content (AvgIpc) is 2.42. The quantitative estimate of drug-likeness (QED) is 0.550. The Balaban J connectivity index is 2.45. The highest BCUT2D eigenvalue weighted by Gasteiger charge is 2.08. The van der Waals surface area contributed by atoms with Crippen molar-refractivity contribution in [2.45, 2.75) is 37.6 Å². The first-order valence-corrected chi connectivity index (χ1v) is 7.61. The molecule has 102 valence electrons. The Bertz CT molecular complexity index is 316. The summed E-state index contributed by atoms with van der Waals surface area (Å²) in [6.45, 7) is 6.12. The zero-order valence-electron chi connectivity index (χ0n) is 11.6. The first-order valence-electron chi connectivity index (χ1n) is 6.62. The highest BCUT2D eigenvalue weighted by atomic mass is 32.2. The minimum atomic E-state index is 0.377. The zero-order chi connectivity index (χ0) is 13.2. The molecule has 0 aliphatic carbocycles. The third kappa shape index (κ3) is 5.38. The average molecular weight is 268 g/mol. The third-order valence-corrected chi connectivity index (χ3v) is 3.80. The van der Waals surface area contributed by atoms with Gasteiger partial charge in [-0.25, -0.2) is 0 Å². The molecule has 0 bridgehead atoms. The lowest BCUT2D eigenvalue weighted by Gasteiger charge is -2.15. The number of nitrogens with one attached hydrogen (secondary N) is 1. The zero-order valence-corrected chi connectivity index (χ0v) is 12.4. The molecule has 3 nitrogen and oxygen atoms in total. The molecular weight excluding hydrogens is 244 g/mol. The van der Waals surface area contributed by atoms with E-state index in [2.05, 4.69) is 36.3 Å². The second-order valence-electron chi connectivity index (χ2n) is 4.13. The van der Waals surface area contributed by atoms with Crippen molar-refractivity contribution >= 4 is 11.8 Å². The number of pyridine rings is 1.